The van der Waals surface area contributed by atoms with Gasteiger partial charge < -0.3 is 14.9 Å². The summed E-state index contributed by atoms with van der Waals surface area (Å²) in [6.07, 6.45) is 0.110. The molecule has 0 aromatic rings. The van der Waals surface area contributed by atoms with E-state index in [-0.39, 0.29) is 12.3 Å². The van der Waals surface area contributed by atoms with Crippen molar-refractivity contribution < 1.29 is 14.7 Å². The lowest BCUT2D eigenvalue weighted by atomic mass is 10.1. The van der Waals surface area contributed by atoms with Crippen molar-refractivity contribution in [3.05, 3.63) is 0 Å². The first-order valence-corrected chi connectivity index (χ1v) is 5.20. The van der Waals surface area contributed by atoms with Crippen LogP contribution in [-0.2, 0) is 9.59 Å². The summed E-state index contributed by atoms with van der Waals surface area (Å²) in [6.45, 7) is 4.72. The highest BCUT2D eigenvalue weighted by atomic mass is 16.4. The molecule has 5 heteroatoms. The van der Waals surface area contributed by atoms with Crippen LogP contribution in [0.15, 0.2) is 0 Å². The summed E-state index contributed by atoms with van der Waals surface area (Å²) in [5.74, 6) is -1.53. The lowest BCUT2D eigenvalue weighted by Crippen LogP contribution is -2.47. The quantitative estimate of drug-likeness (QED) is 0.711. The van der Waals surface area contributed by atoms with Gasteiger partial charge in [-0.05, 0) is 7.05 Å². The van der Waals surface area contributed by atoms with Crippen molar-refractivity contribution in [2.24, 2.45) is 5.92 Å². The van der Waals surface area contributed by atoms with E-state index in [1.807, 2.05) is 7.05 Å². The van der Waals surface area contributed by atoms with E-state index in [1.165, 1.54) is 0 Å². The van der Waals surface area contributed by atoms with Gasteiger partial charge in [-0.25, -0.2) is 0 Å². The Labute approximate surface area is 89.7 Å². The number of aliphatic carboxylic acids is 1. The van der Waals surface area contributed by atoms with Gasteiger partial charge in [-0.1, -0.05) is 6.92 Å². The van der Waals surface area contributed by atoms with Gasteiger partial charge in [-0.2, -0.15) is 0 Å². The molecule has 0 aromatic heterocycles. The molecular formula is C10H18N2O3. The number of hydrogen-bond acceptors (Lipinski definition) is 3. The Bertz CT molecular complexity index is 247. The fourth-order valence-electron chi connectivity index (χ4n) is 1.53. The van der Waals surface area contributed by atoms with Crippen molar-refractivity contribution in [3.63, 3.8) is 0 Å². The third-order valence-corrected chi connectivity index (χ3v) is 2.76. The maximum Gasteiger partial charge on any atom is 0.306 e. The molecule has 15 heavy (non-hydrogen) atoms. The number of rotatable bonds is 3. The first-order chi connectivity index (χ1) is 7.00. The number of carbonyl (C=O) groups is 2. The van der Waals surface area contributed by atoms with Crippen LogP contribution in [0.3, 0.4) is 0 Å². The molecule has 0 aliphatic carbocycles. The van der Waals surface area contributed by atoms with E-state index in [0.717, 1.165) is 13.1 Å². The van der Waals surface area contributed by atoms with Gasteiger partial charge in [-0.15, -0.1) is 0 Å². The first kappa shape index (κ1) is 12.0. The summed E-state index contributed by atoms with van der Waals surface area (Å²) in [7, 11) is 2.02. The minimum absolute atomic E-state index is 0.0435. The van der Waals surface area contributed by atoms with Crippen LogP contribution in [0.2, 0.25) is 0 Å². The minimum Gasteiger partial charge on any atom is -0.481 e. The topological polar surface area (TPSA) is 60.9 Å². The maximum atomic E-state index is 11.7. The van der Waals surface area contributed by atoms with Crippen LogP contribution in [-0.4, -0.2) is 60.0 Å². The number of hydrogen-bond donors (Lipinski definition) is 1. The van der Waals surface area contributed by atoms with Gasteiger partial charge in [0.25, 0.3) is 0 Å². The average molecular weight is 214 g/mol. The molecule has 1 unspecified atom stereocenters. The summed E-state index contributed by atoms with van der Waals surface area (Å²) < 4.78 is 0. The summed E-state index contributed by atoms with van der Waals surface area (Å²) in [4.78, 5) is 26.2. The van der Waals surface area contributed by atoms with E-state index < -0.39 is 11.9 Å². The first-order valence-electron chi connectivity index (χ1n) is 5.20. The monoisotopic (exact) mass is 214 g/mol. The smallest absolute Gasteiger partial charge is 0.306 e. The van der Waals surface area contributed by atoms with Gasteiger partial charge in [0.1, 0.15) is 0 Å². The van der Waals surface area contributed by atoms with E-state index in [4.69, 9.17) is 5.11 Å². The Morgan fingerprint density at radius 1 is 1.27 bits per heavy atom. The van der Waals surface area contributed by atoms with E-state index >= 15 is 0 Å². The predicted molar refractivity (Wildman–Crippen MR) is 55.5 cm³/mol. The lowest BCUT2D eigenvalue weighted by molar-refractivity contribution is -0.145. The van der Waals surface area contributed by atoms with Crippen molar-refractivity contribution in [2.75, 3.05) is 33.2 Å². The molecule has 1 aliphatic rings. The molecule has 1 aliphatic heterocycles. The van der Waals surface area contributed by atoms with Crippen LogP contribution in [0.4, 0.5) is 0 Å². The van der Waals surface area contributed by atoms with Crippen LogP contribution in [0.25, 0.3) is 0 Å². The third-order valence-electron chi connectivity index (χ3n) is 2.76. The number of likely N-dealkylation sites (N-methyl/N-ethyl adjacent to an activating group) is 1. The summed E-state index contributed by atoms with van der Waals surface area (Å²) in [6, 6.07) is 0. The molecule has 1 heterocycles. The van der Waals surface area contributed by atoms with Gasteiger partial charge in [-0.3, -0.25) is 9.59 Å². The highest BCUT2D eigenvalue weighted by Crippen LogP contribution is 2.08. The number of carboxylic acids is 1. The second-order valence-electron chi connectivity index (χ2n) is 4.13. The van der Waals surface area contributed by atoms with Gasteiger partial charge in [0, 0.05) is 32.6 Å². The van der Waals surface area contributed by atoms with E-state index in [1.54, 1.807) is 11.8 Å². The number of piperazine rings is 1. The SMILES string of the molecule is CC(CC(=O)N1CCN(C)CC1)C(=O)O. The van der Waals surface area contributed by atoms with Crippen LogP contribution in [0.1, 0.15) is 13.3 Å². The molecule has 1 saturated heterocycles. The number of nitrogens with zero attached hydrogens (tertiary/aromatic N) is 2. The molecule has 0 aromatic carbocycles. The van der Waals surface area contributed by atoms with E-state index in [9.17, 15) is 9.59 Å². The lowest BCUT2D eigenvalue weighted by Gasteiger charge is -2.32. The molecule has 0 saturated carbocycles. The molecule has 5 nitrogen and oxygen atoms in total. The Hall–Kier alpha value is -1.10. The van der Waals surface area contributed by atoms with Gasteiger partial charge in [0.2, 0.25) is 5.91 Å². The standard InChI is InChI=1S/C10H18N2O3/c1-8(10(14)15)7-9(13)12-5-3-11(2)4-6-12/h8H,3-7H2,1-2H3,(H,14,15). The Balaban J connectivity index is 2.37. The van der Waals surface area contributed by atoms with Crippen molar-refractivity contribution in [1.29, 1.82) is 0 Å². The molecule has 1 amide bonds. The zero-order chi connectivity index (χ0) is 11.4. The molecule has 1 atom stereocenters. The largest absolute Gasteiger partial charge is 0.481 e. The Kier molecular flexibility index (Phi) is 4.08. The molecule has 0 radical (unpaired) electrons. The summed E-state index contributed by atoms with van der Waals surface area (Å²) in [5.41, 5.74) is 0. The fraction of sp³-hybridized carbons (Fsp3) is 0.800. The second-order valence-corrected chi connectivity index (χ2v) is 4.13. The Morgan fingerprint density at radius 3 is 2.27 bits per heavy atom. The molecule has 0 bridgehead atoms. The molecular weight excluding hydrogens is 196 g/mol. The minimum atomic E-state index is -0.905. The van der Waals surface area contributed by atoms with Gasteiger partial charge >= 0.3 is 5.97 Å². The fourth-order valence-corrected chi connectivity index (χ4v) is 1.53. The normalized spacial score (nSPS) is 20.0. The number of carbonyl (C=O) groups excluding carboxylic acids is 1. The maximum absolute atomic E-state index is 11.7. The zero-order valence-corrected chi connectivity index (χ0v) is 9.27. The summed E-state index contributed by atoms with van der Waals surface area (Å²) >= 11 is 0. The molecule has 86 valence electrons. The van der Waals surface area contributed by atoms with Crippen LogP contribution < -0.4 is 0 Å². The third kappa shape index (κ3) is 3.51. The average Bonchev–Trinajstić information content (AvgIpc) is 2.18. The van der Waals surface area contributed by atoms with Crippen molar-refractivity contribution >= 4 is 11.9 Å². The van der Waals surface area contributed by atoms with E-state index in [0.29, 0.717) is 13.1 Å². The van der Waals surface area contributed by atoms with Crippen molar-refractivity contribution in [1.82, 2.24) is 9.80 Å². The molecule has 1 fully saturated rings. The van der Waals surface area contributed by atoms with Crippen LogP contribution in [0, 0.1) is 5.92 Å². The molecule has 1 N–H and O–H groups in total. The predicted octanol–water partition coefficient (Wildman–Crippen LogP) is -0.129. The van der Waals surface area contributed by atoms with Gasteiger partial charge in [0.15, 0.2) is 0 Å². The number of amides is 1. The zero-order valence-electron chi connectivity index (χ0n) is 9.27. The van der Waals surface area contributed by atoms with Crippen LogP contribution >= 0.6 is 0 Å². The van der Waals surface area contributed by atoms with E-state index in [2.05, 4.69) is 4.90 Å². The highest BCUT2D eigenvalue weighted by Gasteiger charge is 2.22. The summed E-state index contributed by atoms with van der Waals surface area (Å²) in [5, 5.41) is 8.69. The molecule has 0 spiro atoms. The highest BCUT2D eigenvalue weighted by molar-refractivity contribution is 5.82. The molecule has 1 rings (SSSR count). The number of carboxylic acid groups (broad SMARTS) is 1. The van der Waals surface area contributed by atoms with Crippen molar-refractivity contribution in [3.8, 4) is 0 Å². The second kappa shape index (κ2) is 5.11. The van der Waals surface area contributed by atoms with Crippen LogP contribution in [0.5, 0.6) is 0 Å². The van der Waals surface area contributed by atoms with Crippen molar-refractivity contribution in [2.45, 2.75) is 13.3 Å². The van der Waals surface area contributed by atoms with Gasteiger partial charge in [0.05, 0.1) is 5.92 Å². The Morgan fingerprint density at radius 2 is 1.80 bits per heavy atom.